The number of ether oxygens (including phenoxy) is 1. The van der Waals surface area contributed by atoms with Crippen molar-refractivity contribution in [2.24, 2.45) is 0 Å². The largest absolute Gasteiger partial charge is 0.497 e. The molecule has 0 spiro atoms. The molecule has 1 amide bonds. The van der Waals surface area contributed by atoms with Gasteiger partial charge in [-0.25, -0.2) is 0 Å². The normalized spacial score (nSPS) is 15.3. The van der Waals surface area contributed by atoms with Gasteiger partial charge in [0, 0.05) is 32.7 Å². The Kier molecular flexibility index (Phi) is 7.87. The summed E-state index contributed by atoms with van der Waals surface area (Å²) < 4.78 is 5.17. The highest BCUT2D eigenvalue weighted by atomic mass is 16.5. The Morgan fingerprint density at radius 1 is 1.12 bits per heavy atom. The van der Waals surface area contributed by atoms with Gasteiger partial charge in [-0.05, 0) is 30.7 Å². The summed E-state index contributed by atoms with van der Waals surface area (Å²) in [6, 6.07) is 8.04. The van der Waals surface area contributed by atoms with Crippen molar-refractivity contribution >= 4 is 11.9 Å². The zero-order chi connectivity index (χ0) is 18.9. The number of hydrogen-bond acceptors (Lipinski definition) is 5. The number of carboxylic acids is 1. The third-order valence-electron chi connectivity index (χ3n) is 4.55. The number of benzene rings is 1. The van der Waals surface area contributed by atoms with Gasteiger partial charge in [-0.15, -0.1) is 0 Å². The van der Waals surface area contributed by atoms with Crippen molar-refractivity contribution in [3.8, 4) is 5.75 Å². The molecule has 1 N–H and O–H groups in total. The highest BCUT2D eigenvalue weighted by molar-refractivity contribution is 5.79. The van der Waals surface area contributed by atoms with Crippen LogP contribution in [0.4, 0.5) is 0 Å². The summed E-state index contributed by atoms with van der Waals surface area (Å²) in [5.74, 6) is -0.0264. The van der Waals surface area contributed by atoms with E-state index >= 15 is 0 Å². The number of carboxylic acid groups (broad SMARTS) is 1. The Hall–Kier alpha value is -2.12. The van der Waals surface area contributed by atoms with E-state index in [2.05, 4.69) is 17.0 Å². The van der Waals surface area contributed by atoms with Gasteiger partial charge in [0.15, 0.2) is 0 Å². The second-order valence-electron chi connectivity index (χ2n) is 6.61. The van der Waals surface area contributed by atoms with Crippen molar-refractivity contribution in [3.63, 3.8) is 0 Å². The lowest BCUT2D eigenvalue weighted by molar-refractivity contribution is -0.140. The second kappa shape index (κ2) is 10.1. The van der Waals surface area contributed by atoms with E-state index in [-0.39, 0.29) is 19.0 Å². The Bertz CT molecular complexity index is 583. The number of aliphatic carboxylic acids is 1. The van der Waals surface area contributed by atoms with Crippen LogP contribution >= 0.6 is 0 Å². The van der Waals surface area contributed by atoms with E-state index in [1.807, 2.05) is 24.0 Å². The molecule has 1 aliphatic heterocycles. The van der Waals surface area contributed by atoms with Crippen LogP contribution in [0.15, 0.2) is 24.3 Å². The molecule has 0 radical (unpaired) electrons. The van der Waals surface area contributed by atoms with Crippen molar-refractivity contribution in [2.45, 2.75) is 19.9 Å². The summed E-state index contributed by atoms with van der Waals surface area (Å²) in [5.41, 5.74) is 1.22. The van der Waals surface area contributed by atoms with Crippen LogP contribution < -0.4 is 4.74 Å². The fourth-order valence-electron chi connectivity index (χ4n) is 3.16. The Morgan fingerprint density at radius 3 is 2.31 bits per heavy atom. The van der Waals surface area contributed by atoms with E-state index in [0.717, 1.165) is 31.8 Å². The summed E-state index contributed by atoms with van der Waals surface area (Å²) in [6.07, 6.45) is 0.830. The summed E-state index contributed by atoms with van der Waals surface area (Å²) in [5, 5.41) is 8.96. The first-order chi connectivity index (χ1) is 12.5. The van der Waals surface area contributed by atoms with E-state index < -0.39 is 5.97 Å². The van der Waals surface area contributed by atoms with E-state index in [4.69, 9.17) is 9.84 Å². The topological polar surface area (TPSA) is 73.3 Å². The molecule has 0 unspecified atom stereocenters. The van der Waals surface area contributed by atoms with Gasteiger partial charge in [0.25, 0.3) is 0 Å². The summed E-state index contributed by atoms with van der Waals surface area (Å²) >= 11 is 0. The highest BCUT2D eigenvalue weighted by Gasteiger charge is 2.23. The number of methoxy groups -OCH3 is 1. The molecule has 0 aromatic heterocycles. The van der Waals surface area contributed by atoms with Crippen LogP contribution in [-0.2, 0) is 16.1 Å². The summed E-state index contributed by atoms with van der Waals surface area (Å²) in [6.45, 7) is 6.56. The molecule has 7 heteroatoms. The third-order valence-corrected chi connectivity index (χ3v) is 4.55. The Morgan fingerprint density at radius 2 is 1.77 bits per heavy atom. The summed E-state index contributed by atoms with van der Waals surface area (Å²) in [4.78, 5) is 29.2. The smallest absolute Gasteiger partial charge is 0.317 e. The lowest BCUT2D eigenvalue weighted by atomic mass is 10.2. The first-order valence-electron chi connectivity index (χ1n) is 9.09. The third kappa shape index (κ3) is 6.31. The number of carbonyl (C=O) groups excluding carboxylic acids is 1. The van der Waals surface area contributed by atoms with Crippen LogP contribution in [0.3, 0.4) is 0 Å². The lowest BCUT2D eigenvalue weighted by Gasteiger charge is -2.35. The fraction of sp³-hybridized carbons (Fsp3) is 0.579. The van der Waals surface area contributed by atoms with Gasteiger partial charge in [0.1, 0.15) is 5.75 Å². The Balaban J connectivity index is 1.78. The van der Waals surface area contributed by atoms with Crippen molar-refractivity contribution < 1.29 is 19.4 Å². The number of piperazine rings is 1. The molecule has 0 saturated carbocycles. The van der Waals surface area contributed by atoms with Gasteiger partial charge in [0.05, 0.1) is 20.2 Å². The standard InChI is InChI=1S/C19H29N3O4/c1-3-8-21(15-19(24)25)14-18(23)22-11-9-20(10-12-22)13-16-4-6-17(26-2)7-5-16/h4-7H,3,8-15H2,1-2H3,(H,24,25). The van der Waals surface area contributed by atoms with Crippen LogP contribution in [0, 0.1) is 0 Å². The lowest BCUT2D eigenvalue weighted by Crippen LogP contribution is -2.51. The van der Waals surface area contributed by atoms with Crippen molar-refractivity contribution in [1.29, 1.82) is 0 Å². The van der Waals surface area contributed by atoms with Crippen LogP contribution in [0.2, 0.25) is 0 Å². The zero-order valence-corrected chi connectivity index (χ0v) is 15.7. The summed E-state index contributed by atoms with van der Waals surface area (Å²) in [7, 11) is 1.66. The van der Waals surface area contributed by atoms with E-state index in [0.29, 0.717) is 19.6 Å². The van der Waals surface area contributed by atoms with Gasteiger partial charge < -0.3 is 14.7 Å². The molecule has 1 heterocycles. The van der Waals surface area contributed by atoms with Gasteiger partial charge in [-0.2, -0.15) is 0 Å². The van der Waals surface area contributed by atoms with Crippen molar-refractivity contribution in [2.75, 3.05) is 52.9 Å². The SMILES string of the molecule is CCCN(CC(=O)O)CC(=O)N1CCN(Cc2ccc(OC)cc2)CC1. The zero-order valence-electron chi connectivity index (χ0n) is 15.7. The predicted octanol–water partition coefficient (Wildman–Crippen LogP) is 1.14. The highest BCUT2D eigenvalue weighted by Crippen LogP contribution is 2.14. The molecule has 0 atom stereocenters. The van der Waals surface area contributed by atoms with E-state index in [1.165, 1.54) is 5.56 Å². The average molecular weight is 363 g/mol. The maximum Gasteiger partial charge on any atom is 0.317 e. The second-order valence-corrected chi connectivity index (χ2v) is 6.61. The molecule has 1 saturated heterocycles. The van der Waals surface area contributed by atoms with E-state index in [1.54, 1.807) is 12.0 Å². The van der Waals surface area contributed by atoms with Crippen molar-refractivity contribution in [3.05, 3.63) is 29.8 Å². The first-order valence-corrected chi connectivity index (χ1v) is 9.09. The molecule has 1 fully saturated rings. The van der Waals surface area contributed by atoms with E-state index in [9.17, 15) is 9.59 Å². The maximum absolute atomic E-state index is 12.5. The number of amides is 1. The van der Waals surface area contributed by atoms with Gasteiger partial charge in [-0.1, -0.05) is 19.1 Å². The molecule has 26 heavy (non-hydrogen) atoms. The minimum atomic E-state index is -0.893. The van der Waals surface area contributed by atoms with Gasteiger partial charge in [-0.3, -0.25) is 19.4 Å². The molecule has 2 rings (SSSR count). The number of nitrogens with zero attached hydrogens (tertiary/aromatic N) is 3. The van der Waals surface area contributed by atoms with Crippen LogP contribution in [-0.4, -0.2) is 84.6 Å². The van der Waals surface area contributed by atoms with Crippen LogP contribution in [0.5, 0.6) is 5.75 Å². The Labute approximate surface area is 155 Å². The average Bonchev–Trinajstić information content (AvgIpc) is 2.62. The number of hydrogen-bond donors (Lipinski definition) is 1. The van der Waals surface area contributed by atoms with Gasteiger partial charge >= 0.3 is 5.97 Å². The maximum atomic E-state index is 12.5. The quantitative estimate of drug-likeness (QED) is 0.709. The van der Waals surface area contributed by atoms with Crippen LogP contribution in [0.25, 0.3) is 0 Å². The van der Waals surface area contributed by atoms with Crippen LogP contribution in [0.1, 0.15) is 18.9 Å². The number of carbonyl (C=O) groups is 2. The van der Waals surface area contributed by atoms with Crippen molar-refractivity contribution in [1.82, 2.24) is 14.7 Å². The minimum Gasteiger partial charge on any atom is -0.497 e. The molecule has 7 nitrogen and oxygen atoms in total. The molecule has 0 bridgehead atoms. The molecule has 144 valence electrons. The molecular weight excluding hydrogens is 334 g/mol. The van der Waals surface area contributed by atoms with Gasteiger partial charge in [0.2, 0.25) is 5.91 Å². The number of rotatable bonds is 9. The molecule has 1 aromatic carbocycles. The minimum absolute atomic E-state index is 0.0174. The first kappa shape index (κ1) is 20.2. The monoisotopic (exact) mass is 363 g/mol. The molecule has 1 aliphatic rings. The fourth-order valence-corrected chi connectivity index (χ4v) is 3.16. The molecule has 0 aliphatic carbocycles. The predicted molar refractivity (Wildman–Crippen MR) is 99.2 cm³/mol. The molecular formula is C19H29N3O4. The molecule has 1 aromatic rings.